The van der Waals surface area contributed by atoms with Gasteiger partial charge in [0.15, 0.2) is 11.5 Å². The molecule has 0 spiro atoms. The van der Waals surface area contributed by atoms with Gasteiger partial charge in [-0.3, -0.25) is 4.79 Å². The maximum Gasteiger partial charge on any atom is 0.243 e. The minimum atomic E-state index is -0.0409. The van der Waals surface area contributed by atoms with Crippen LogP contribution < -0.4 is 14.8 Å². The molecule has 0 aromatic heterocycles. The van der Waals surface area contributed by atoms with E-state index < -0.39 is 0 Å². The molecule has 22 heavy (non-hydrogen) atoms. The van der Waals surface area contributed by atoms with Crippen molar-refractivity contribution < 1.29 is 14.3 Å². The summed E-state index contributed by atoms with van der Waals surface area (Å²) in [6.45, 7) is 2.74. The highest BCUT2D eigenvalue weighted by atomic mass is 16.5. The average Bonchev–Trinajstić information content (AvgIpc) is 2.56. The van der Waals surface area contributed by atoms with Crippen LogP contribution in [-0.4, -0.2) is 26.7 Å². The molecule has 0 saturated carbocycles. The van der Waals surface area contributed by atoms with Crippen molar-refractivity contribution in [1.29, 1.82) is 0 Å². The van der Waals surface area contributed by atoms with Crippen LogP contribution in [0.4, 0.5) is 0 Å². The molecule has 0 heterocycles. The minimum Gasteiger partial charge on any atom is -0.493 e. The second kappa shape index (κ2) is 7.69. The van der Waals surface area contributed by atoms with Crippen LogP contribution in [-0.2, 0) is 11.2 Å². The summed E-state index contributed by atoms with van der Waals surface area (Å²) in [4.78, 5) is 11.6. The number of fused-ring (bicyclic) bond motifs is 1. The van der Waals surface area contributed by atoms with Gasteiger partial charge in [0.25, 0.3) is 0 Å². The molecule has 4 heteroatoms. The third-order valence-electron chi connectivity index (χ3n) is 3.67. The zero-order valence-electron chi connectivity index (χ0n) is 13.4. The molecule has 1 amide bonds. The van der Waals surface area contributed by atoms with E-state index in [0.717, 1.165) is 41.9 Å². The largest absolute Gasteiger partial charge is 0.493 e. The number of nitrogens with one attached hydrogen (secondary N) is 1. The maximum absolute atomic E-state index is 11.6. The van der Waals surface area contributed by atoms with E-state index in [1.807, 2.05) is 25.1 Å². The monoisotopic (exact) mass is 301 g/mol. The summed E-state index contributed by atoms with van der Waals surface area (Å²) in [6.07, 6.45) is 8.39. The van der Waals surface area contributed by atoms with Crippen molar-refractivity contribution in [2.75, 3.05) is 20.8 Å². The molecule has 0 radical (unpaired) electrons. The van der Waals surface area contributed by atoms with Gasteiger partial charge in [0.05, 0.1) is 14.2 Å². The zero-order chi connectivity index (χ0) is 15.9. The van der Waals surface area contributed by atoms with Gasteiger partial charge in [-0.1, -0.05) is 19.1 Å². The van der Waals surface area contributed by atoms with Gasteiger partial charge in [0, 0.05) is 12.6 Å². The second-order valence-corrected chi connectivity index (χ2v) is 5.25. The number of rotatable bonds is 6. The number of aryl methyl sites for hydroxylation is 1. The Morgan fingerprint density at radius 3 is 2.64 bits per heavy atom. The SMILES string of the molecule is CCCNC(=O)/C=C/C1=Cc2cc(OC)c(OC)cc2CC1. The van der Waals surface area contributed by atoms with Crippen LogP contribution in [0, 0.1) is 0 Å². The standard InChI is InChI=1S/C18H23NO3/c1-4-9-19-18(20)8-6-13-5-7-14-11-16(21-2)17(22-3)12-15(14)10-13/h6,8,10-12H,4-5,7,9H2,1-3H3,(H,19,20)/b8-6+. The average molecular weight is 301 g/mol. The lowest BCUT2D eigenvalue weighted by atomic mass is 9.91. The Labute approximate surface area is 131 Å². The highest BCUT2D eigenvalue weighted by Crippen LogP contribution is 2.35. The van der Waals surface area contributed by atoms with E-state index in [0.29, 0.717) is 6.54 Å². The Balaban J connectivity index is 2.16. The highest BCUT2D eigenvalue weighted by Gasteiger charge is 2.14. The van der Waals surface area contributed by atoms with Crippen molar-refractivity contribution in [3.8, 4) is 11.5 Å². The van der Waals surface area contributed by atoms with E-state index in [-0.39, 0.29) is 5.91 Å². The third kappa shape index (κ3) is 3.91. The van der Waals surface area contributed by atoms with E-state index >= 15 is 0 Å². The van der Waals surface area contributed by atoms with E-state index in [2.05, 4.69) is 11.4 Å². The lowest BCUT2D eigenvalue weighted by Gasteiger charge is -2.17. The van der Waals surface area contributed by atoms with Crippen molar-refractivity contribution >= 4 is 12.0 Å². The van der Waals surface area contributed by atoms with Crippen LogP contribution in [0.15, 0.2) is 29.9 Å². The van der Waals surface area contributed by atoms with Gasteiger partial charge in [-0.15, -0.1) is 0 Å². The van der Waals surface area contributed by atoms with Crippen molar-refractivity contribution in [2.24, 2.45) is 0 Å². The highest BCUT2D eigenvalue weighted by molar-refractivity contribution is 5.88. The van der Waals surface area contributed by atoms with E-state index in [9.17, 15) is 4.79 Å². The quantitative estimate of drug-likeness (QED) is 0.821. The third-order valence-corrected chi connectivity index (χ3v) is 3.67. The molecular formula is C18H23NO3. The van der Waals surface area contributed by atoms with Crippen LogP contribution >= 0.6 is 0 Å². The topological polar surface area (TPSA) is 47.6 Å². The Bertz CT molecular complexity index is 603. The van der Waals surface area contributed by atoms with Crippen molar-refractivity contribution in [1.82, 2.24) is 5.32 Å². The lowest BCUT2D eigenvalue weighted by Crippen LogP contribution is -2.21. The number of benzene rings is 1. The van der Waals surface area contributed by atoms with Gasteiger partial charge in [0.1, 0.15) is 0 Å². The fraction of sp³-hybridized carbons (Fsp3) is 0.389. The first kappa shape index (κ1) is 16.1. The number of amides is 1. The van der Waals surface area contributed by atoms with Crippen LogP contribution in [0.25, 0.3) is 6.08 Å². The molecule has 0 atom stereocenters. The molecule has 0 bridgehead atoms. The minimum absolute atomic E-state index is 0.0409. The number of carbonyl (C=O) groups is 1. The van der Waals surface area contributed by atoms with Crippen molar-refractivity contribution in [3.05, 3.63) is 41.0 Å². The van der Waals surface area contributed by atoms with Crippen molar-refractivity contribution in [3.63, 3.8) is 0 Å². The summed E-state index contributed by atoms with van der Waals surface area (Å²) in [5.74, 6) is 1.44. The molecule has 1 aromatic rings. The number of carbonyl (C=O) groups excluding carboxylic acids is 1. The maximum atomic E-state index is 11.6. The molecule has 0 aliphatic heterocycles. The number of methoxy groups -OCH3 is 2. The number of ether oxygens (including phenoxy) is 2. The fourth-order valence-corrected chi connectivity index (χ4v) is 2.46. The smallest absolute Gasteiger partial charge is 0.243 e. The molecule has 1 aromatic carbocycles. The zero-order valence-corrected chi connectivity index (χ0v) is 13.4. The Morgan fingerprint density at radius 1 is 1.23 bits per heavy atom. The summed E-state index contributed by atoms with van der Waals surface area (Å²) in [5.41, 5.74) is 3.51. The summed E-state index contributed by atoms with van der Waals surface area (Å²) in [6, 6.07) is 4.01. The number of allylic oxidation sites excluding steroid dienone is 2. The molecule has 0 saturated heterocycles. The normalized spacial score (nSPS) is 13.5. The van der Waals surface area contributed by atoms with E-state index in [1.54, 1.807) is 20.3 Å². The van der Waals surface area contributed by atoms with Crippen LogP contribution in [0.2, 0.25) is 0 Å². The summed E-state index contributed by atoms with van der Waals surface area (Å²) in [7, 11) is 3.28. The Morgan fingerprint density at radius 2 is 1.95 bits per heavy atom. The number of hydrogen-bond donors (Lipinski definition) is 1. The van der Waals surface area contributed by atoms with Crippen LogP contribution in [0.1, 0.15) is 30.9 Å². The molecule has 0 fully saturated rings. The summed E-state index contributed by atoms with van der Waals surface area (Å²) in [5, 5.41) is 2.83. The first-order valence-electron chi connectivity index (χ1n) is 7.59. The van der Waals surface area contributed by atoms with Crippen molar-refractivity contribution in [2.45, 2.75) is 26.2 Å². The van der Waals surface area contributed by atoms with Crippen LogP contribution in [0.5, 0.6) is 11.5 Å². The summed E-state index contributed by atoms with van der Waals surface area (Å²) >= 11 is 0. The van der Waals surface area contributed by atoms with Crippen LogP contribution in [0.3, 0.4) is 0 Å². The summed E-state index contributed by atoms with van der Waals surface area (Å²) < 4.78 is 10.7. The first-order chi connectivity index (χ1) is 10.7. The predicted molar refractivity (Wildman–Crippen MR) is 88.3 cm³/mol. The molecule has 118 valence electrons. The van der Waals surface area contributed by atoms with Gasteiger partial charge in [-0.25, -0.2) is 0 Å². The van der Waals surface area contributed by atoms with Gasteiger partial charge in [0.2, 0.25) is 5.91 Å². The molecule has 1 aliphatic carbocycles. The molecule has 1 aliphatic rings. The molecule has 1 N–H and O–H groups in total. The second-order valence-electron chi connectivity index (χ2n) is 5.25. The molecular weight excluding hydrogens is 278 g/mol. The first-order valence-corrected chi connectivity index (χ1v) is 7.59. The Kier molecular flexibility index (Phi) is 5.64. The van der Waals surface area contributed by atoms with Gasteiger partial charge >= 0.3 is 0 Å². The Hall–Kier alpha value is -2.23. The van der Waals surface area contributed by atoms with E-state index in [4.69, 9.17) is 9.47 Å². The van der Waals surface area contributed by atoms with Gasteiger partial charge in [-0.05, 0) is 48.1 Å². The fourth-order valence-electron chi connectivity index (χ4n) is 2.46. The number of hydrogen-bond acceptors (Lipinski definition) is 3. The lowest BCUT2D eigenvalue weighted by molar-refractivity contribution is -0.116. The predicted octanol–water partition coefficient (Wildman–Crippen LogP) is 3.12. The van der Waals surface area contributed by atoms with E-state index in [1.165, 1.54) is 5.56 Å². The van der Waals surface area contributed by atoms with Gasteiger partial charge < -0.3 is 14.8 Å². The molecule has 2 rings (SSSR count). The van der Waals surface area contributed by atoms with Gasteiger partial charge in [-0.2, -0.15) is 0 Å². The molecule has 4 nitrogen and oxygen atoms in total. The molecule has 0 unspecified atom stereocenters.